The van der Waals surface area contributed by atoms with E-state index in [4.69, 9.17) is 22.2 Å². The number of aromatic nitrogens is 6. The average molecular weight is 497 g/mol. The number of nitrogens with zero attached hydrogens (tertiary/aromatic N) is 5. The molecule has 1 N–H and O–H groups in total. The number of nitrogens with one attached hydrogen (secondary N) is 1. The smallest absolute Gasteiger partial charge is 0.201 e. The number of aromatic amines is 1. The van der Waals surface area contributed by atoms with E-state index >= 15 is 0 Å². The molecule has 0 unspecified atom stereocenters. The summed E-state index contributed by atoms with van der Waals surface area (Å²) in [5.41, 5.74) is 6.15. The van der Waals surface area contributed by atoms with E-state index in [-0.39, 0.29) is 11.6 Å². The molecule has 6 rings (SSSR count). The van der Waals surface area contributed by atoms with E-state index in [2.05, 4.69) is 15.0 Å². The Hall–Kier alpha value is -4.37. The van der Waals surface area contributed by atoms with Crippen LogP contribution in [0.5, 0.6) is 0 Å². The number of aryl methyl sites for hydroxylation is 2. The van der Waals surface area contributed by atoms with Crippen molar-refractivity contribution in [3.05, 3.63) is 101 Å². The molecule has 2 aromatic carbocycles. The van der Waals surface area contributed by atoms with Crippen LogP contribution in [0.15, 0.2) is 79.1 Å². The minimum absolute atomic E-state index is 0.339. The highest BCUT2D eigenvalue weighted by atomic mass is 32.1. The maximum atomic E-state index is 13.6. The van der Waals surface area contributed by atoms with Crippen molar-refractivity contribution in [3.8, 4) is 22.5 Å². The molecule has 6 nitrogen and oxygen atoms in total. The Morgan fingerprint density at radius 3 is 2.28 bits per heavy atom. The van der Waals surface area contributed by atoms with Crippen molar-refractivity contribution in [3.63, 3.8) is 0 Å². The summed E-state index contributed by atoms with van der Waals surface area (Å²) < 4.78 is 29.6. The summed E-state index contributed by atoms with van der Waals surface area (Å²) in [5, 5.41) is 0. The summed E-state index contributed by atoms with van der Waals surface area (Å²) in [7, 11) is 0. The third-order valence-electron chi connectivity index (χ3n) is 5.98. The first-order chi connectivity index (χ1) is 17.5. The minimum Gasteiger partial charge on any atom is -0.350 e. The number of imidazole rings is 1. The third kappa shape index (κ3) is 4.14. The van der Waals surface area contributed by atoms with Crippen molar-refractivity contribution in [1.29, 1.82) is 0 Å². The SMILES string of the molecule is Fc1ccc(-c2nc3nc4c(cc3[nH]c2-c2ccc(F)cc2)nc(=S)n4CCc2cccnc2)cc1. The first-order valence-electron chi connectivity index (χ1n) is 11.3. The van der Waals surface area contributed by atoms with Crippen molar-refractivity contribution in [2.75, 3.05) is 0 Å². The lowest BCUT2D eigenvalue weighted by molar-refractivity contribution is 0.627. The lowest BCUT2D eigenvalue weighted by atomic mass is 10.0. The van der Waals surface area contributed by atoms with Crippen molar-refractivity contribution in [2.24, 2.45) is 0 Å². The number of hydrogen-bond donors (Lipinski definition) is 1. The van der Waals surface area contributed by atoms with Gasteiger partial charge in [-0.2, -0.15) is 0 Å². The highest BCUT2D eigenvalue weighted by Crippen LogP contribution is 2.31. The van der Waals surface area contributed by atoms with E-state index in [0.717, 1.165) is 17.5 Å². The second-order valence-corrected chi connectivity index (χ2v) is 8.70. The molecule has 0 atom stereocenters. The molecule has 176 valence electrons. The van der Waals surface area contributed by atoms with Gasteiger partial charge in [0.1, 0.15) is 17.2 Å². The van der Waals surface area contributed by atoms with Gasteiger partial charge >= 0.3 is 0 Å². The first-order valence-corrected chi connectivity index (χ1v) is 11.7. The summed E-state index contributed by atoms with van der Waals surface area (Å²) >= 11 is 5.53. The summed E-state index contributed by atoms with van der Waals surface area (Å²) in [6.07, 6.45) is 4.30. The Morgan fingerprint density at radius 1 is 0.861 bits per heavy atom. The van der Waals surface area contributed by atoms with Gasteiger partial charge in [0.15, 0.2) is 11.3 Å². The quantitative estimate of drug-likeness (QED) is 0.284. The fourth-order valence-corrected chi connectivity index (χ4v) is 4.46. The summed E-state index contributed by atoms with van der Waals surface area (Å²) in [4.78, 5) is 21.8. The van der Waals surface area contributed by atoms with Crippen molar-refractivity contribution >= 4 is 34.5 Å². The Balaban J connectivity index is 1.52. The topological polar surface area (TPSA) is 72.3 Å². The van der Waals surface area contributed by atoms with Crippen molar-refractivity contribution in [2.45, 2.75) is 13.0 Å². The Bertz CT molecular complexity index is 1760. The zero-order valence-electron chi connectivity index (χ0n) is 18.8. The molecule has 0 aliphatic rings. The fourth-order valence-electron chi connectivity index (χ4n) is 4.18. The molecule has 36 heavy (non-hydrogen) atoms. The molecule has 4 aromatic heterocycles. The predicted molar refractivity (Wildman–Crippen MR) is 137 cm³/mol. The summed E-state index contributed by atoms with van der Waals surface area (Å²) in [5.74, 6) is -0.684. The number of rotatable bonds is 5. The van der Waals surface area contributed by atoms with Crippen LogP contribution in [0, 0.1) is 16.4 Å². The Morgan fingerprint density at radius 2 is 1.58 bits per heavy atom. The Labute approximate surface area is 209 Å². The van der Waals surface area contributed by atoms with Gasteiger partial charge in [-0.1, -0.05) is 6.07 Å². The molecule has 0 saturated heterocycles. The standard InChI is InChI=1S/C27H18F2N6S/c28-19-7-3-17(4-8-19)23-24(18-5-9-20(29)10-6-18)33-25-21(31-23)14-22-26(34-25)35(27(36)32-22)13-11-16-2-1-12-30-15-16/h1-10,12,14-15,31H,11,13H2. The summed E-state index contributed by atoms with van der Waals surface area (Å²) in [6.45, 7) is 0.599. The molecule has 0 bridgehead atoms. The molecule has 0 amide bonds. The number of pyridine rings is 2. The second-order valence-electron chi connectivity index (χ2n) is 8.33. The van der Waals surface area contributed by atoms with Crippen LogP contribution >= 0.6 is 12.2 Å². The zero-order chi connectivity index (χ0) is 24.6. The van der Waals surface area contributed by atoms with Gasteiger partial charge in [-0.15, -0.1) is 0 Å². The van der Waals surface area contributed by atoms with Gasteiger partial charge in [0, 0.05) is 30.1 Å². The van der Waals surface area contributed by atoms with Gasteiger partial charge in [-0.3, -0.25) is 9.55 Å². The maximum absolute atomic E-state index is 13.6. The number of benzene rings is 2. The molecular weight excluding hydrogens is 478 g/mol. The van der Waals surface area contributed by atoms with Crippen molar-refractivity contribution < 1.29 is 8.78 Å². The predicted octanol–water partition coefficient (Wildman–Crippen LogP) is 6.29. The monoisotopic (exact) mass is 496 g/mol. The third-order valence-corrected chi connectivity index (χ3v) is 6.29. The highest BCUT2D eigenvalue weighted by Gasteiger charge is 2.16. The van der Waals surface area contributed by atoms with Gasteiger partial charge in [-0.25, -0.2) is 23.7 Å². The summed E-state index contributed by atoms with van der Waals surface area (Å²) in [6, 6.07) is 18.0. The van der Waals surface area contributed by atoms with Crippen LogP contribution < -0.4 is 0 Å². The van der Waals surface area contributed by atoms with Crippen LogP contribution in [0.2, 0.25) is 0 Å². The van der Waals surface area contributed by atoms with Crippen LogP contribution in [-0.4, -0.2) is 29.5 Å². The minimum atomic E-state index is -0.345. The molecule has 0 aliphatic carbocycles. The second kappa shape index (κ2) is 9.01. The van der Waals surface area contributed by atoms with Gasteiger partial charge in [0.2, 0.25) is 4.77 Å². The van der Waals surface area contributed by atoms with Gasteiger partial charge < -0.3 is 4.98 Å². The molecule has 6 aromatic rings. The molecule has 9 heteroatoms. The number of hydrogen-bond acceptors (Lipinski definition) is 5. The number of H-pyrrole nitrogens is 1. The number of fused-ring (bicyclic) bond motifs is 2. The van der Waals surface area contributed by atoms with E-state index in [1.807, 2.05) is 29.0 Å². The molecule has 4 heterocycles. The van der Waals surface area contributed by atoms with Crippen LogP contribution in [0.3, 0.4) is 0 Å². The first kappa shape index (κ1) is 22.1. The fraction of sp³-hybridized carbons (Fsp3) is 0.0741. The van der Waals surface area contributed by atoms with Crippen LogP contribution in [0.1, 0.15) is 5.56 Å². The number of halogens is 2. The highest BCUT2D eigenvalue weighted by molar-refractivity contribution is 7.71. The normalized spacial score (nSPS) is 11.4. The van der Waals surface area contributed by atoms with E-state index in [1.54, 1.807) is 30.5 Å². The van der Waals surface area contributed by atoms with E-state index < -0.39 is 0 Å². The van der Waals surface area contributed by atoms with Crippen molar-refractivity contribution in [1.82, 2.24) is 29.5 Å². The molecule has 0 spiro atoms. The zero-order valence-corrected chi connectivity index (χ0v) is 19.6. The molecule has 0 fully saturated rings. The Kier molecular flexibility index (Phi) is 5.54. The maximum Gasteiger partial charge on any atom is 0.201 e. The lowest BCUT2D eigenvalue weighted by Crippen LogP contribution is -2.04. The van der Waals surface area contributed by atoms with Crippen LogP contribution in [0.25, 0.3) is 44.8 Å². The molecular formula is C27H18F2N6S. The van der Waals surface area contributed by atoms with Crippen LogP contribution in [0.4, 0.5) is 8.78 Å². The lowest BCUT2D eigenvalue weighted by Gasteiger charge is -2.12. The molecule has 0 saturated carbocycles. The van der Waals surface area contributed by atoms with E-state index in [0.29, 0.717) is 50.6 Å². The average Bonchev–Trinajstić information content (AvgIpc) is 3.20. The largest absolute Gasteiger partial charge is 0.350 e. The molecule has 0 radical (unpaired) electrons. The van der Waals surface area contributed by atoms with Gasteiger partial charge in [0.25, 0.3) is 0 Å². The molecule has 0 aliphatic heterocycles. The van der Waals surface area contributed by atoms with Gasteiger partial charge in [-0.05, 0) is 84.9 Å². The van der Waals surface area contributed by atoms with Crippen LogP contribution in [-0.2, 0) is 13.0 Å². The van der Waals surface area contributed by atoms with Gasteiger partial charge in [0.05, 0.1) is 16.9 Å². The van der Waals surface area contributed by atoms with E-state index in [1.165, 1.54) is 24.3 Å². The van der Waals surface area contributed by atoms with E-state index in [9.17, 15) is 8.78 Å².